The first kappa shape index (κ1) is 15.3. The van der Waals surface area contributed by atoms with Crippen LogP contribution in [0.5, 0.6) is 5.75 Å². The zero-order valence-corrected chi connectivity index (χ0v) is 11.0. The van der Waals surface area contributed by atoms with Gasteiger partial charge in [0.05, 0.1) is 13.2 Å². The standard InChI is InChI=1S/C14H12F4N2O/c1-21-11-4-2-3-8(12(11)17)14(20-19)7-5-9(15)13(18)10(16)6-7/h2-6,14,20H,19H2,1H3. The van der Waals surface area contributed by atoms with Gasteiger partial charge in [-0.2, -0.15) is 0 Å². The molecule has 7 heteroatoms. The Labute approximate surface area is 118 Å². The van der Waals surface area contributed by atoms with Crippen molar-refractivity contribution in [3.05, 3.63) is 64.7 Å². The molecule has 0 amide bonds. The summed E-state index contributed by atoms with van der Waals surface area (Å²) in [6, 6.07) is 4.70. The Hall–Kier alpha value is -2.12. The monoisotopic (exact) mass is 300 g/mol. The lowest BCUT2D eigenvalue weighted by atomic mass is 9.98. The van der Waals surface area contributed by atoms with E-state index >= 15 is 0 Å². The molecular formula is C14H12F4N2O. The molecule has 1 unspecified atom stereocenters. The SMILES string of the molecule is COc1cccc(C(NN)c2cc(F)c(F)c(F)c2)c1F. The van der Waals surface area contributed by atoms with Crippen molar-refractivity contribution in [2.45, 2.75) is 6.04 Å². The second-order valence-corrected chi connectivity index (χ2v) is 4.26. The second kappa shape index (κ2) is 6.11. The van der Waals surface area contributed by atoms with Gasteiger partial charge in [-0.15, -0.1) is 0 Å². The van der Waals surface area contributed by atoms with Crippen LogP contribution in [0.25, 0.3) is 0 Å². The van der Waals surface area contributed by atoms with Gasteiger partial charge in [0.15, 0.2) is 29.0 Å². The molecule has 0 fully saturated rings. The minimum Gasteiger partial charge on any atom is -0.494 e. The molecule has 21 heavy (non-hydrogen) atoms. The first-order valence-electron chi connectivity index (χ1n) is 5.92. The van der Waals surface area contributed by atoms with Crippen LogP contribution in [0.1, 0.15) is 17.2 Å². The number of methoxy groups -OCH3 is 1. The molecule has 2 aromatic carbocycles. The van der Waals surface area contributed by atoms with Crippen LogP contribution in [-0.4, -0.2) is 7.11 Å². The Morgan fingerprint density at radius 1 is 1.05 bits per heavy atom. The predicted octanol–water partition coefficient (Wildman–Crippen LogP) is 2.80. The fourth-order valence-electron chi connectivity index (χ4n) is 2.02. The van der Waals surface area contributed by atoms with E-state index in [9.17, 15) is 17.6 Å². The van der Waals surface area contributed by atoms with Gasteiger partial charge >= 0.3 is 0 Å². The van der Waals surface area contributed by atoms with E-state index in [1.807, 2.05) is 0 Å². The van der Waals surface area contributed by atoms with E-state index in [4.69, 9.17) is 10.6 Å². The highest BCUT2D eigenvalue weighted by atomic mass is 19.2. The van der Waals surface area contributed by atoms with E-state index in [1.165, 1.54) is 25.3 Å². The van der Waals surface area contributed by atoms with Crippen LogP contribution in [0.2, 0.25) is 0 Å². The lowest BCUT2D eigenvalue weighted by molar-refractivity contribution is 0.381. The van der Waals surface area contributed by atoms with Gasteiger partial charge < -0.3 is 4.74 Å². The lowest BCUT2D eigenvalue weighted by Crippen LogP contribution is -2.30. The van der Waals surface area contributed by atoms with E-state index < -0.39 is 29.3 Å². The second-order valence-electron chi connectivity index (χ2n) is 4.26. The van der Waals surface area contributed by atoms with Crippen molar-refractivity contribution >= 4 is 0 Å². The molecule has 3 nitrogen and oxygen atoms in total. The number of hydrazine groups is 1. The Morgan fingerprint density at radius 2 is 1.67 bits per heavy atom. The number of nitrogens with one attached hydrogen (secondary N) is 1. The molecule has 2 rings (SSSR count). The number of ether oxygens (including phenoxy) is 1. The average Bonchev–Trinajstić information content (AvgIpc) is 2.47. The smallest absolute Gasteiger partial charge is 0.194 e. The molecule has 1 atom stereocenters. The summed E-state index contributed by atoms with van der Waals surface area (Å²) in [5.41, 5.74) is 2.21. The van der Waals surface area contributed by atoms with E-state index in [1.54, 1.807) is 0 Å². The van der Waals surface area contributed by atoms with E-state index in [0.29, 0.717) is 0 Å². The minimum atomic E-state index is -1.60. The molecule has 0 aliphatic heterocycles. The third kappa shape index (κ3) is 2.84. The van der Waals surface area contributed by atoms with Crippen LogP contribution in [0.3, 0.4) is 0 Å². The molecule has 0 spiro atoms. The Morgan fingerprint density at radius 3 is 2.19 bits per heavy atom. The largest absolute Gasteiger partial charge is 0.494 e. The lowest BCUT2D eigenvalue weighted by Gasteiger charge is -2.19. The number of rotatable bonds is 4. The van der Waals surface area contributed by atoms with Crippen LogP contribution >= 0.6 is 0 Å². The number of halogens is 4. The van der Waals surface area contributed by atoms with E-state index in [-0.39, 0.29) is 16.9 Å². The first-order chi connectivity index (χ1) is 9.99. The fourth-order valence-corrected chi connectivity index (χ4v) is 2.02. The molecule has 0 aliphatic rings. The van der Waals surface area contributed by atoms with E-state index in [2.05, 4.69) is 5.43 Å². The summed E-state index contributed by atoms with van der Waals surface area (Å²) in [5, 5.41) is 0. The molecule has 0 heterocycles. The molecule has 3 N–H and O–H groups in total. The molecule has 0 aliphatic carbocycles. The summed E-state index contributed by atoms with van der Waals surface area (Å²) in [6.45, 7) is 0. The van der Waals surface area contributed by atoms with Gasteiger partial charge in [-0.1, -0.05) is 12.1 Å². The van der Waals surface area contributed by atoms with Gasteiger partial charge in [0.1, 0.15) is 0 Å². The van der Waals surface area contributed by atoms with Gasteiger partial charge in [-0.25, -0.2) is 23.0 Å². The molecule has 0 radical (unpaired) electrons. The van der Waals surface area contributed by atoms with Crippen LogP contribution in [0.4, 0.5) is 17.6 Å². The van der Waals surface area contributed by atoms with Gasteiger partial charge in [0, 0.05) is 5.56 Å². The maximum atomic E-state index is 14.2. The number of hydrogen-bond donors (Lipinski definition) is 2. The average molecular weight is 300 g/mol. The summed E-state index contributed by atoms with van der Waals surface area (Å²) in [6.07, 6.45) is 0. The summed E-state index contributed by atoms with van der Waals surface area (Å²) in [5.74, 6) is 0.207. The topological polar surface area (TPSA) is 47.3 Å². The number of hydrogen-bond acceptors (Lipinski definition) is 3. The molecule has 112 valence electrons. The summed E-state index contributed by atoms with van der Waals surface area (Å²) in [4.78, 5) is 0. The van der Waals surface area contributed by atoms with Crippen molar-refractivity contribution < 1.29 is 22.3 Å². The van der Waals surface area contributed by atoms with Crippen LogP contribution in [0, 0.1) is 23.3 Å². The zero-order chi connectivity index (χ0) is 15.6. The van der Waals surface area contributed by atoms with Crippen molar-refractivity contribution in [3.63, 3.8) is 0 Å². The van der Waals surface area contributed by atoms with E-state index in [0.717, 1.165) is 12.1 Å². The molecule has 0 aromatic heterocycles. The number of nitrogens with two attached hydrogens (primary N) is 1. The van der Waals surface area contributed by atoms with Gasteiger partial charge in [0.25, 0.3) is 0 Å². The van der Waals surface area contributed by atoms with Gasteiger partial charge in [-0.3, -0.25) is 5.84 Å². The Bertz CT molecular complexity index is 640. The predicted molar refractivity (Wildman–Crippen MR) is 68.4 cm³/mol. The number of benzene rings is 2. The van der Waals surface area contributed by atoms with Crippen molar-refractivity contribution in [2.75, 3.05) is 7.11 Å². The molecule has 2 aromatic rings. The Balaban J connectivity index is 2.55. The maximum Gasteiger partial charge on any atom is 0.194 e. The normalized spacial score (nSPS) is 12.3. The summed E-state index contributed by atoms with van der Waals surface area (Å²) < 4.78 is 58.6. The van der Waals surface area contributed by atoms with Gasteiger partial charge in [-0.05, 0) is 23.8 Å². The third-order valence-corrected chi connectivity index (χ3v) is 3.03. The van der Waals surface area contributed by atoms with Crippen molar-refractivity contribution in [1.82, 2.24) is 5.43 Å². The molecule has 0 saturated carbocycles. The fraction of sp³-hybridized carbons (Fsp3) is 0.143. The van der Waals surface area contributed by atoms with Crippen LogP contribution in [0.15, 0.2) is 30.3 Å². The highest BCUT2D eigenvalue weighted by Gasteiger charge is 2.22. The van der Waals surface area contributed by atoms with Crippen molar-refractivity contribution in [2.24, 2.45) is 5.84 Å². The Kier molecular flexibility index (Phi) is 4.44. The third-order valence-electron chi connectivity index (χ3n) is 3.03. The molecular weight excluding hydrogens is 288 g/mol. The quantitative estimate of drug-likeness (QED) is 0.395. The summed E-state index contributed by atoms with van der Waals surface area (Å²) in [7, 11) is 1.28. The van der Waals surface area contributed by atoms with Crippen molar-refractivity contribution in [3.8, 4) is 5.75 Å². The minimum absolute atomic E-state index is 0.0160. The van der Waals surface area contributed by atoms with Crippen LogP contribution < -0.4 is 16.0 Å². The summed E-state index contributed by atoms with van der Waals surface area (Å²) >= 11 is 0. The maximum absolute atomic E-state index is 14.2. The zero-order valence-electron chi connectivity index (χ0n) is 11.0. The highest BCUT2D eigenvalue weighted by molar-refractivity contribution is 5.38. The van der Waals surface area contributed by atoms with Crippen LogP contribution in [-0.2, 0) is 0 Å². The molecule has 0 saturated heterocycles. The van der Waals surface area contributed by atoms with Crippen molar-refractivity contribution in [1.29, 1.82) is 0 Å². The van der Waals surface area contributed by atoms with Gasteiger partial charge in [0.2, 0.25) is 0 Å². The highest BCUT2D eigenvalue weighted by Crippen LogP contribution is 2.30. The first-order valence-corrected chi connectivity index (χ1v) is 5.92. The molecule has 0 bridgehead atoms.